The molecule has 1 unspecified atom stereocenters. The standard InChI is InChI=1S/C7H8BrF3N4O/c1-6(12,7(9,10)11)4(16)3-5(8)13-14-15(3)2/h12H2,1-2H3. The molecule has 0 bridgehead atoms. The smallest absolute Gasteiger partial charge is 0.311 e. The van der Waals surface area contributed by atoms with Crippen molar-refractivity contribution in [2.24, 2.45) is 12.8 Å². The lowest BCUT2D eigenvalue weighted by Gasteiger charge is -2.25. The second-order valence-electron chi connectivity index (χ2n) is 3.38. The topological polar surface area (TPSA) is 73.8 Å². The average Bonchev–Trinajstić information content (AvgIpc) is 2.43. The molecule has 0 aromatic carbocycles. The number of hydrogen-bond acceptors (Lipinski definition) is 4. The predicted octanol–water partition coefficient (Wildman–Crippen LogP) is 1.04. The normalized spacial score (nSPS) is 15.9. The third kappa shape index (κ3) is 1.96. The van der Waals surface area contributed by atoms with E-state index in [0.717, 1.165) is 4.68 Å². The molecule has 5 nitrogen and oxygen atoms in total. The summed E-state index contributed by atoms with van der Waals surface area (Å²) >= 11 is 2.84. The largest absolute Gasteiger partial charge is 0.413 e. The molecular weight excluding hydrogens is 293 g/mol. The van der Waals surface area contributed by atoms with Crippen molar-refractivity contribution in [1.29, 1.82) is 0 Å². The number of hydrogen-bond donors (Lipinski definition) is 1. The van der Waals surface area contributed by atoms with Crippen molar-refractivity contribution < 1.29 is 18.0 Å². The van der Waals surface area contributed by atoms with E-state index < -0.39 is 17.5 Å². The summed E-state index contributed by atoms with van der Waals surface area (Å²) in [5.41, 5.74) is 1.72. The number of aromatic nitrogens is 3. The third-order valence-corrected chi connectivity index (χ3v) is 2.60. The van der Waals surface area contributed by atoms with Gasteiger partial charge in [0.1, 0.15) is 5.69 Å². The fraction of sp³-hybridized carbons (Fsp3) is 0.571. The molecule has 1 atom stereocenters. The van der Waals surface area contributed by atoms with Crippen molar-refractivity contribution in [1.82, 2.24) is 15.0 Å². The van der Waals surface area contributed by atoms with Crippen LogP contribution < -0.4 is 5.73 Å². The van der Waals surface area contributed by atoms with Crippen LogP contribution in [0, 0.1) is 0 Å². The highest BCUT2D eigenvalue weighted by atomic mass is 79.9. The fourth-order valence-corrected chi connectivity index (χ4v) is 1.45. The second kappa shape index (κ2) is 3.81. The van der Waals surface area contributed by atoms with Gasteiger partial charge in [0.2, 0.25) is 5.78 Å². The number of nitrogens with two attached hydrogens (primary N) is 1. The first-order chi connectivity index (χ1) is 7.09. The van der Waals surface area contributed by atoms with Crippen molar-refractivity contribution >= 4 is 21.7 Å². The molecule has 0 aliphatic heterocycles. The van der Waals surface area contributed by atoms with Gasteiger partial charge in [0, 0.05) is 7.05 Å². The van der Waals surface area contributed by atoms with Gasteiger partial charge in [0.15, 0.2) is 10.1 Å². The number of Topliss-reactive ketones (excluding diaryl/α,β-unsaturated/α-hetero) is 1. The van der Waals surface area contributed by atoms with Gasteiger partial charge in [0.05, 0.1) is 0 Å². The van der Waals surface area contributed by atoms with Crippen molar-refractivity contribution in [3.8, 4) is 0 Å². The van der Waals surface area contributed by atoms with Gasteiger partial charge in [-0.05, 0) is 22.9 Å². The van der Waals surface area contributed by atoms with Gasteiger partial charge >= 0.3 is 6.18 Å². The van der Waals surface area contributed by atoms with Gasteiger partial charge < -0.3 is 5.73 Å². The maximum atomic E-state index is 12.5. The van der Waals surface area contributed by atoms with Crippen molar-refractivity contribution in [2.45, 2.75) is 18.6 Å². The van der Waals surface area contributed by atoms with Gasteiger partial charge in [-0.15, -0.1) is 5.10 Å². The molecule has 9 heteroatoms. The highest BCUT2D eigenvalue weighted by molar-refractivity contribution is 9.10. The molecule has 1 aromatic heterocycles. The van der Waals surface area contributed by atoms with Crippen LogP contribution in [0.5, 0.6) is 0 Å². The molecule has 0 aliphatic rings. The first-order valence-electron chi connectivity index (χ1n) is 4.04. The highest BCUT2D eigenvalue weighted by Gasteiger charge is 2.55. The molecule has 16 heavy (non-hydrogen) atoms. The molecule has 2 N–H and O–H groups in total. The van der Waals surface area contributed by atoms with Crippen molar-refractivity contribution in [2.75, 3.05) is 0 Å². The summed E-state index contributed by atoms with van der Waals surface area (Å²) in [5, 5.41) is 6.83. The first-order valence-corrected chi connectivity index (χ1v) is 4.84. The van der Waals surface area contributed by atoms with E-state index in [9.17, 15) is 18.0 Å². The van der Waals surface area contributed by atoms with E-state index in [1.165, 1.54) is 7.05 Å². The number of rotatable bonds is 2. The maximum Gasteiger partial charge on any atom is 0.413 e. The lowest BCUT2D eigenvalue weighted by Crippen LogP contribution is -2.57. The number of halogens is 4. The highest BCUT2D eigenvalue weighted by Crippen LogP contribution is 2.31. The zero-order valence-corrected chi connectivity index (χ0v) is 9.93. The molecule has 0 aliphatic carbocycles. The van der Waals surface area contributed by atoms with Crippen LogP contribution in [0.25, 0.3) is 0 Å². The number of carbonyl (C=O) groups is 1. The SMILES string of the molecule is Cn1nnc(Br)c1C(=O)C(C)(N)C(F)(F)F. The van der Waals surface area contributed by atoms with Gasteiger partial charge in [-0.25, -0.2) is 4.68 Å². The summed E-state index contributed by atoms with van der Waals surface area (Å²) in [6.07, 6.45) is -4.84. The van der Waals surface area contributed by atoms with Gasteiger partial charge in [-0.2, -0.15) is 13.2 Å². The Hall–Kier alpha value is -0.960. The van der Waals surface area contributed by atoms with Crippen LogP contribution in [0.2, 0.25) is 0 Å². The zero-order valence-electron chi connectivity index (χ0n) is 8.34. The minimum Gasteiger partial charge on any atom is -0.311 e. The summed E-state index contributed by atoms with van der Waals surface area (Å²) in [4.78, 5) is 11.6. The minimum atomic E-state index is -4.84. The molecule has 1 rings (SSSR count). The van der Waals surface area contributed by atoms with Crippen molar-refractivity contribution in [3.63, 3.8) is 0 Å². The number of aryl methyl sites for hydroxylation is 1. The van der Waals surface area contributed by atoms with E-state index >= 15 is 0 Å². The molecule has 0 saturated carbocycles. The van der Waals surface area contributed by atoms with E-state index in [-0.39, 0.29) is 10.3 Å². The van der Waals surface area contributed by atoms with E-state index in [4.69, 9.17) is 5.73 Å². The van der Waals surface area contributed by atoms with Crippen LogP contribution in [-0.4, -0.2) is 32.5 Å². The lowest BCUT2D eigenvalue weighted by atomic mass is 9.95. The second-order valence-corrected chi connectivity index (χ2v) is 4.13. The van der Waals surface area contributed by atoms with E-state index in [1.54, 1.807) is 0 Å². The maximum absolute atomic E-state index is 12.5. The molecule has 1 aromatic rings. The Morgan fingerprint density at radius 2 is 2.00 bits per heavy atom. The summed E-state index contributed by atoms with van der Waals surface area (Å²) in [5.74, 6) is -1.29. The Bertz CT molecular complexity index is 406. The molecule has 0 saturated heterocycles. The van der Waals surface area contributed by atoms with Crippen LogP contribution in [0.4, 0.5) is 13.2 Å². The molecule has 1 heterocycles. The Kier molecular flexibility index (Phi) is 3.12. The predicted molar refractivity (Wildman–Crippen MR) is 51.7 cm³/mol. The van der Waals surface area contributed by atoms with E-state index in [0.29, 0.717) is 6.92 Å². The van der Waals surface area contributed by atoms with E-state index in [2.05, 4.69) is 26.2 Å². The molecule has 0 fully saturated rings. The molecule has 90 valence electrons. The first kappa shape index (κ1) is 13.1. The summed E-state index contributed by atoms with van der Waals surface area (Å²) < 4.78 is 38.4. The van der Waals surface area contributed by atoms with Crippen LogP contribution in [0.15, 0.2) is 4.60 Å². The summed E-state index contributed by atoms with van der Waals surface area (Å²) in [6.45, 7) is 0.606. The van der Waals surface area contributed by atoms with Crippen LogP contribution in [-0.2, 0) is 7.05 Å². The number of carbonyl (C=O) groups excluding carboxylic acids is 1. The monoisotopic (exact) mass is 300 g/mol. The Morgan fingerprint density at radius 1 is 1.50 bits per heavy atom. The summed E-state index contributed by atoms with van der Waals surface area (Å²) in [6, 6.07) is 0. The van der Waals surface area contributed by atoms with Crippen LogP contribution in [0.3, 0.4) is 0 Å². The lowest BCUT2D eigenvalue weighted by molar-refractivity contribution is -0.166. The Balaban J connectivity index is 3.23. The third-order valence-electron chi connectivity index (χ3n) is 2.06. The zero-order chi connectivity index (χ0) is 12.7. The average molecular weight is 301 g/mol. The number of nitrogens with zero attached hydrogens (tertiary/aromatic N) is 3. The molecule has 0 radical (unpaired) electrons. The Morgan fingerprint density at radius 3 is 2.31 bits per heavy atom. The van der Waals surface area contributed by atoms with Gasteiger partial charge in [-0.3, -0.25) is 4.79 Å². The summed E-state index contributed by atoms with van der Waals surface area (Å²) in [7, 11) is 1.30. The Labute approximate surface area is 96.9 Å². The molecule has 0 spiro atoms. The number of alkyl halides is 3. The minimum absolute atomic E-state index is 0.0686. The quantitative estimate of drug-likeness (QED) is 0.828. The van der Waals surface area contributed by atoms with Gasteiger partial charge in [0.25, 0.3) is 0 Å². The van der Waals surface area contributed by atoms with Crippen molar-refractivity contribution in [3.05, 3.63) is 10.3 Å². The van der Waals surface area contributed by atoms with E-state index in [1.807, 2.05) is 0 Å². The molecule has 0 amide bonds. The van der Waals surface area contributed by atoms with Gasteiger partial charge in [-0.1, -0.05) is 5.21 Å². The number of ketones is 1. The van der Waals surface area contributed by atoms with Crippen LogP contribution >= 0.6 is 15.9 Å². The fourth-order valence-electron chi connectivity index (χ4n) is 0.947. The molecular formula is C7H8BrF3N4O. The van der Waals surface area contributed by atoms with Crippen LogP contribution in [0.1, 0.15) is 17.4 Å².